The summed E-state index contributed by atoms with van der Waals surface area (Å²) < 4.78 is 0. The van der Waals surface area contributed by atoms with Crippen molar-refractivity contribution >= 4 is 136 Å². The SMILES string of the molecule is c1ccc2c(c1)Sc1cc(-c3c4ccccc4cc4ccccc34)cc3c1B2c1cc2c(cc1S3)Sc1cc(-c3c4ccccc4cc4ccccc34)cc3c1B2c1ccccc1S3. The van der Waals surface area contributed by atoms with Crippen molar-refractivity contribution in [2.75, 3.05) is 0 Å². The fraction of sp³-hybridized carbons (Fsp3) is 0. The maximum absolute atomic E-state index is 2.64. The molecule has 0 fully saturated rings. The normalized spacial score (nSPS) is 13.9. The maximum atomic E-state index is 2.64. The van der Waals surface area contributed by atoms with Gasteiger partial charge in [0.05, 0.1) is 0 Å². The Morgan fingerprint density at radius 3 is 0.969 bits per heavy atom. The van der Waals surface area contributed by atoms with Gasteiger partial charge < -0.3 is 0 Å². The average molecular weight is 879 g/mol. The molecule has 0 aliphatic carbocycles. The van der Waals surface area contributed by atoms with Crippen LogP contribution in [0.5, 0.6) is 0 Å². The second-order valence-corrected chi connectivity index (χ2v) is 21.8. The molecule has 0 bridgehead atoms. The van der Waals surface area contributed by atoms with E-state index >= 15 is 0 Å². The fourth-order valence-electron chi connectivity index (χ4n) is 11.3. The summed E-state index contributed by atoms with van der Waals surface area (Å²) in [5, 5.41) is 10.3. The lowest BCUT2D eigenvalue weighted by Crippen LogP contribution is -2.62. The minimum Gasteiger partial charge on any atom is -0.0911 e. The molecule has 4 heterocycles. The molecule has 0 atom stereocenters. The van der Waals surface area contributed by atoms with Gasteiger partial charge >= 0.3 is 0 Å². The molecule has 0 spiro atoms. The molecule has 0 radical (unpaired) electrons. The molecule has 6 heteroatoms. The highest BCUT2D eigenvalue weighted by Gasteiger charge is 2.43. The zero-order valence-corrected chi connectivity index (χ0v) is 37.5. The highest BCUT2D eigenvalue weighted by Crippen LogP contribution is 2.48. The van der Waals surface area contributed by atoms with Crippen molar-refractivity contribution in [1.29, 1.82) is 0 Å². The van der Waals surface area contributed by atoms with Gasteiger partial charge in [-0.3, -0.25) is 0 Å². The van der Waals surface area contributed by atoms with Crippen LogP contribution in [0.3, 0.4) is 0 Å². The van der Waals surface area contributed by atoms with Crippen molar-refractivity contribution in [3.63, 3.8) is 0 Å². The summed E-state index contributed by atoms with van der Waals surface area (Å²) in [7, 11) is 0. The van der Waals surface area contributed by atoms with Crippen LogP contribution in [0.2, 0.25) is 0 Å². The van der Waals surface area contributed by atoms with Crippen LogP contribution in [0.1, 0.15) is 0 Å². The van der Waals surface area contributed by atoms with E-state index in [0.29, 0.717) is 0 Å². The second-order valence-electron chi connectivity index (χ2n) is 17.4. The van der Waals surface area contributed by atoms with E-state index in [2.05, 4.69) is 194 Å². The third-order valence-electron chi connectivity index (χ3n) is 14.0. The van der Waals surface area contributed by atoms with Crippen molar-refractivity contribution in [1.82, 2.24) is 0 Å². The summed E-state index contributed by atoms with van der Waals surface area (Å²) in [6, 6.07) is 74.0. The molecule has 0 saturated carbocycles. The molecule has 11 aromatic rings. The third-order valence-corrected chi connectivity index (χ3v) is 18.6. The van der Waals surface area contributed by atoms with Gasteiger partial charge in [0.15, 0.2) is 0 Å². The quantitative estimate of drug-likeness (QED) is 0.125. The van der Waals surface area contributed by atoms with Gasteiger partial charge in [-0.25, -0.2) is 0 Å². The van der Waals surface area contributed by atoms with E-state index in [-0.39, 0.29) is 13.4 Å². The van der Waals surface area contributed by atoms with E-state index in [1.165, 1.54) is 137 Å². The van der Waals surface area contributed by atoms with Gasteiger partial charge in [-0.2, -0.15) is 0 Å². The largest absolute Gasteiger partial charge is 0.247 e. The summed E-state index contributed by atoms with van der Waals surface area (Å²) in [6.07, 6.45) is 0. The highest BCUT2D eigenvalue weighted by atomic mass is 32.2. The number of rotatable bonds is 2. The van der Waals surface area contributed by atoms with Crippen LogP contribution in [-0.4, -0.2) is 13.4 Å². The monoisotopic (exact) mass is 878 g/mol. The molecule has 0 nitrogen and oxygen atoms in total. The van der Waals surface area contributed by atoms with Gasteiger partial charge in [0.25, 0.3) is 0 Å². The summed E-state index contributed by atoms with van der Waals surface area (Å²) in [5.41, 5.74) is 13.9. The first-order valence-corrected chi connectivity index (χ1v) is 25.2. The molecule has 15 rings (SSSR count). The fourth-order valence-corrected chi connectivity index (χ4v) is 16.4. The Bertz CT molecular complexity index is 3540. The van der Waals surface area contributed by atoms with Crippen molar-refractivity contribution < 1.29 is 0 Å². The summed E-state index contributed by atoms with van der Waals surface area (Å²) in [4.78, 5) is 10.9. The minimum absolute atomic E-state index is 0.156. The van der Waals surface area contributed by atoms with E-state index in [1.54, 1.807) is 0 Å². The van der Waals surface area contributed by atoms with Gasteiger partial charge in [-0.05, 0) is 131 Å². The molecule has 0 saturated heterocycles. The Morgan fingerprint density at radius 1 is 0.250 bits per heavy atom. The van der Waals surface area contributed by atoms with Crippen LogP contribution in [0.25, 0.3) is 65.3 Å². The molecular formula is C58H32B2S4. The topological polar surface area (TPSA) is 0 Å². The van der Waals surface area contributed by atoms with Crippen LogP contribution in [-0.2, 0) is 0 Å². The molecule has 0 aromatic heterocycles. The lowest BCUT2D eigenvalue weighted by Gasteiger charge is -2.37. The Morgan fingerprint density at radius 2 is 0.578 bits per heavy atom. The van der Waals surface area contributed by atoms with E-state index in [4.69, 9.17) is 0 Å². The zero-order valence-electron chi connectivity index (χ0n) is 34.3. The molecule has 64 heavy (non-hydrogen) atoms. The maximum Gasteiger partial charge on any atom is 0.247 e. The van der Waals surface area contributed by atoms with Gasteiger partial charge in [0, 0.05) is 39.2 Å². The summed E-state index contributed by atoms with van der Waals surface area (Å²) in [5.74, 6) is 0. The van der Waals surface area contributed by atoms with Crippen molar-refractivity contribution in [2.24, 2.45) is 0 Å². The van der Waals surface area contributed by atoms with Crippen LogP contribution < -0.4 is 32.8 Å². The molecule has 0 unspecified atom stereocenters. The smallest absolute Gasteiger partial charge is 0.0911 e. The first-order chi connectivity index (χ1) is 31.7. The molecular weight excluding hydrogens is 847 g/mol. The predicted molar refractivity (Wildman–Crippen MR) is 279 cm³/mol. The van der Waals surface area contributed by atoms with Crippen molar-refractivity contribution in [3.8, 4) is 22.3 Å². The first kappa shape index (κ1) is 36.3. The molecule has 11 aromatic carbocycles. The van der Waals surface area contributed by atoms with Crippen LogP contribution >= 0.6 is 47.0 Å². The number of hydrogen-bond acceptors (Lipinski definition) is 4. The lowest BCUT2D eigenvalue weighted by atomic mass is 9.33. The van der Waals surface area contributed by atoms with Crippen LogP contribution in [0.15, 0.2) is 233 Å². The van der Waals surface area contributed by atoms with Gasteiger partial charge in [0.2, 0.25) is 13.4 Å². The second kappa shape index (κ2) is 13.7. The average Bonchev–Trinajstić information content (AvgIpc) is 3.33. The van der Waals surface area contributed by atoms with Gasteiger partial charge in [0.1, 0.15) is 0 Å². The van der Waals surface area contributed by atoms with E-state index < -0.39 is 0 Å². The summed E-state index contributed by atoms with van der Waals surface area (Å²) in [6.45, 7) is 0.312. The highest BCUT2D eigenvalue weighted by molar-refractivity contribution is 8.02. The van der Waals surface area contributed by atoms with Gasteiger partial charge in [-0.1, -0.05) is 208 Å². The number of hydrogen-bond donors (Lipinski definition) is 0. The minimum atomic E-state index is 0.156. The molecule has 4 aliphatic rings. The van der Waals surface area contributed by atoms with E-state index in [9.17, 15) is 0 Å². The Balaban J connectivity index is 0.952. The Labute approximate surface area is 389 Å². The van der Waals surface area contributed by atoms with Crippen molar-refractivity contribution in [3.05, 3.63) is 194 Å². The summed E-state index contributed by atoms with van der Waals surface area (Å²) >= 11 is 7.86. The standard InChI is InChI=1S/C58H32B2S4/c1-5-17-39-33(13-1)25-34-14-2-6-18-40(34)55(39)37-27-51-57-53(29-37)63-49-32-50-46(31-45(49)59(57)43-21-9-11-23-47(43)61-51)60-44-22-10-12-24-48(44)62-52-28-38(30-54(64-50)58(52)60)56-41-19-7-3-15-35(41)26-36-16-4-8-20-42(36)56/h1-32H. The lowest BCUT2D eigenvalue weighted by molar-refractivity contribution is 1.29. The molecule has 4 aliphatic heterocycles. The predicted octanol–water partition coefficient (Wildman–Crippen LogP) is 12.5. The Hall–Kier alpha value is -6.01. The number of fused-ring (bicyclic) bond motifs is 12. The van der Waals surface area contributed by atoms with E-state index in [0.717, 1.165) is 0 Å². The third kappa shape index (κ3) is 5.23. The van der Waals surface area contributed by atoms with Crippen LogP contribution in [0, 0.1) is 0 Å². The molecule has 294 valence electrons. The number of benzene rings is 11. The van der Waals surface area contributed by atoms with Crippen LogP contribution in [0.4, 0.5) is 0 Å². The zero-order chi connectivity index (χ0) is 41.6. The van der Waals surface area contributed by atoms with Crippen molar-refractivity contribution in [2.45, 2.75) is 39.2 Å². The van der Waals surface area contributed by atoms with E-state index in [1.807, 2.05) is 47.0 Å². The molecule has 0 N–H and O–H groups in total. The molecule has 0 amide bonds. The first-order valence-electron chi connectivity index (χ1n) is 21.9. The van der Waals surface area contributed by atoms with Gasteiger partial charge in [-0.15, -0.1) is 0 Å². The Kier molecular flexibility index (Phi) is 7.81.